The van der Waals surface area contributed by atoms with Crippen molar-refractivity contribution < 1.29 is 33.9 Å². The first kappa shape index (κ1) is 22.0. The number of phosphoric acid groups is 1. The minimum absolute atomic E-state index is 0.333. The Labute approximate surface area is 161 Å². The number of aliphatic hydroxyl groups is 2. The Bertz CT molecular complexity index is 922. The molecule has 3 rings (SSSR count). The number of H-pyrrole nitrogens is 1. The highest BCUT2D eigenvalue weighted by atomic mass is 31.2. The Morgan fingerprint density at radius 2 is 1.79 bits per heavy atom. The molecule has 0 aliphatic carbocycles. The molecular weight excluding hydrogens is 385 g/mol. The average molecular weight is 407 g/mol. The quantitative estimate of drug-likeness (QED) is 0.299. The van der Waals surface area contributed by atoms with E-state index >= 15 is 0 Å². The summed E-state index contributed by atoms with van der Waals surface area (Å²) in [5.74, 6) is 0. The fraction of sp³-hybridized carbons (Fsp3) is 0.211. The summed E-state index contributed by atoms with van der Waals surface area (Å²) in [5.41, 5.74) is 3.72. The van der Waals surface area contributed by atoms with Gasteiger partial charge in [0.2, 0.25) is 0 Å². The molecule has 0 aliphatic rings. The number of carbonyl (C=O) groups excluding carboxylic acids is 1. The summed E-state index contributed by atoms with van der Waals surface area (Å²) in [6.45, 7) is -0.738. The molecule has 150 valence electrons. The standard InChI is InChI=1S/C14H11N.C5H11O7P/c1-2-4-11(5-3-1)12-6-7-14-13(10-12)8-9-15-14;6-2-1-5(4(8)3-7)12-13(9,10)11/h1-10,15H;2,4-5,7-8H,1,3H2,(H2,9,10,11)/t;4-,5+/m.1/s1. The molecule has 0 spiro atoms. The maximum absolute atomic E-state index is 10.3. The molecule has 2 aromatic carbocycles. The molecule has 1 aromatic heterocycles. The molecule has 28 heavy (non-hydrogen) atoms. The highest BCUT2D eigenvalue weighted by molar-refractivity contribution is 7.46. The van der Waals surface area contributed by atoms with Crippen molar-refractivity contribution in [2.75, 3.05) is 6.61 Å². The highest BCUT2D eigenvalue weighted by Gasteiger charge is 2.27. The van der Waals surface area contributed by atoms with E-state index in [1.807, 2.05) is 12.3 Å². The Morgan fingerprint density at radius 3 is 2.39 bits per heavy atom. The summed E-state index contributed by atoms with van der Waals surface area (Å²) in [5, 5.41) is 18.6. The summed E-state index contributed by atoms with van der Waals surface area (Å²) in [4.78, 5) is 29.9. The van der Waals surface area contributed by atoms with Crippen LogP contribution in [0.25, 0.3) is 22.0 Å². The molecule has 9 heteroatoms. The van der Waals surface area contributed by atoms with Gasteiger partial charge in [-0.15, -0.1) is 0 Å². The molecule has 1 heterocycles. The van der Waals surface area contributed by atoms with Crippen LogP contribution in [0.15, 0.2) is 60.8 Å². The summed E-state index contributed by atoms with van der Waals surface area (Å²) in [6.07, 6.45) is -0.966. The number of nitrogens with one attached hydrogen (secondary N) is 1. The number of rotatable bonds is 7. The second-order valence-corrected chi connectivity index (χ2v) is 7.12. The van der Waals surface area contributed by atoms with Gasteiger partial charge in [-0.25, -0.2) is 4.57 Å². The number of aromatic nitrogens is 1. The number of fused-ring (bicyclic) bond motifs is 1. The lowest BCUT2D eigenvalue weighted by Gasteiger charge is -2.19. The van der Waals surface area contributed by atoms with Crippen LogP contribution in [0.5, 0.6) is 0 Å². The topological polar surface area (TPSA) is 140 Å². The summed E-state index contributed by atoms with van der Waals surface area (Å²) in [6, 6.07) is 19.0. The van der Waals surface area contributed by atoms with Gasteiger partial charge in [-0.1, -0.05) is 36.4 Å². The summed E-state index contributed by atoms with van der Waals surface area (Å²) < 4.78 is 14.4. The van der Waals surface area contributed by atoms with Gasteiger partial charge in [0.25, 0.3) is 0 Å². The Kier molecular flexibility index (Phi) is 8.07. The molecule has 0 radical (unpaired) electrons. The third-order valence-corrected chi connectivity index (χ3v) is 4.42. The molecule has 5 N–H and O–H groups in total. The lowest BCUT2D eigenvalue weighted by atomic mass is 10.0. The van der Waals surface area contributed by atoms with Gasteiger partial charge in [0, 0.05) is 18.1 Å². The second kappa shape index (κ2) is 10.3. The zero-order valence-corrected chi connectivity index (χ0v) is 15.8. The van der Waals surface area contributed by atoms with Gasteiger partial charge in [-0.3, -0.25) is 4.52 Å². The molecule has 0 fully saturated rings. The summed E-state index contributed by atoms with van der Waals surface area (Å²) in [7, 11) is -4.75. The predicted octanol–water partition coefficient (Wildman–Crippen LogP) is 2.24. The van der Waals surface area contributed by atoms with Crippen LogP contribution < -0.4 is 0 Å². The number of hydrogen-bond acceptors (Lipinski definition) is 5. The molecule has 3 aromatic rings. The smallest absolute Gasteiger partial charge is 0.394 e. The van der Waals surface area contributed by atoms with Gasteiger partial charge in [-0.2, -0.15) is 0 Å². The number of carbonyl (C=O) groups is 1. The first-order valence-electron chi connectivity index (χ1n) is 8.43. The van der Waals surface area contributed by atoms with Crippen molar-refractivity contribution in [3.63, 3.8) is 0 Å². The number of aromatic amines is 1. The number of aliphatic hydroxyl groups excluding tert-OH is 2. The van der Waals surface area contributed by atoms with Crippen LogP contribution in [-0.2, 0) is 13.9 Å². The molecule has 0 saturated carbocycles. The van der Waals surface area contributed by atoms with E-state index in [0.717, 1.165) is 0 Å². The largest absolute Gasteiger partial charge is 0.469 e. The molecule has 0 unspecified atom stereocenters. The minimum atomic E-state index is -4.75. The first-order valence-corrected chi connectivity index (χ1v) is 9.96. The van der Waals surface area contributed by atoms with E-state index in [1.54, 1.807) is 0 Å². The van der Waals surface area contributed by atoms with Crippen molar-refractivity contribution in [1.82, 2.24) is 4.98 Å². The lowest BCUT2D eigenvalue weighted by molar-refractivity contribution is -0.111. The molecule has 0 bridgehead atoms. The third-order valence-electron chi connectivity index (χ3n) is 3.88. The molecule has 8 nitrogen and oxygen atoms in total. The van der Waals surface area contributed by atoms with Gasteiger partial charge in [-0.05, 0) is 34.7 Å². The van der Waals surface area contributed by atoms with Crippen molar-refractivity contribution in [3.8, 4) is 11.1 Å². The SMILES string of the molecule is O=CC[C@H](OP(=O)(O)O)[C@H](O)CO.c1ccc(-c2ccc3[nH]ccc3c2)cc1. The van der Waals surface area contributed by atoms with Crippen molar-refractivity contribution in [2.45, 2.75) is 18.6 Å². The van der Waals surface area contributed by atoms with Gasteiger partial charge >= 0.3 is 7.82 Å². The maximum atomic E-state index is 10.3. The Balaban J connectivity index is 0.000000204. The predicted molar refractivity (Wildman–Crippen MR) is 104 cm³/mol. The van der Waals surface area contributed by atoms with Crippen LogP contribution in [0.1, 0.15) is 6.42 Å². The van der Waals surface area contributed by atoms with Crippen molar-refractivity contribution in [2.24, 2.45) is 0 Å². The van der Waals surface area contributed by atoms with Crippen LogP contribution in [0.4, 0.5) is 0 Å². The average Bonchev–Trinajstić information content (AvgIpc) is 3.15. The van der Waals surface area contributed by atoms with Crippen LogP contribution in [0, 0.1) is 0 Å². The molecule has 2 atom stereocenters. The zero-order valence-electron chi connectivity index (χ0n) is 14.9. The maximum Gasteiger partial charge on any atom is 0.469 e. The van der Waals surface area contributed by atoms with Crippen LogP contribution >= 0.6 is 7.82 Å². The van der Waals surface area contributed by atoms with E-state index in [2.05, 4.69) is 58.0 Å². The van der Waals surface area contributed by atoms with E-state index in [-0.39, 0.29) is 0 Å². The normalized spacial score (nSPS) is 13.4. The molecule has 0 aliphatic heterocycles. The van der Waals surface area contributed by atoms with E-state index in [9.17, 15) is 9.36 Å². The number of hydrogen-bond donors (Lipinski definition) is 5. The number of aldehydes is 1. The van der Waals surface area contributed by atoms with Crippen LogP contribution in [0.3, 0.4) is 0 Å². The first-order chi connectivity index (χ1) is 13.3. The molecule has 0 amide bonds. The van der Waals surface area contributed by atoms with Gasteiger partial charge in [0.1, 0.15) is 18.5 Å². The van der Waals surface area contributed by atoms with Gasteiger partial charge in [0.15, 0.2) is 0 Å². The fourth-order valence-corrected chi connectivity index (χ4v) is 3.10. The van der Waals surface area contributed by atoms with Crippen LogP contribution in [0.2, 0.25) is 0 Å². The Morgan fingerprint density at radius 1 is 1.07 bits per heavy atom. The third kappa shape index (κ3) is 6.69. The van der Waals surface area contributed by atoms with E-state index in [0.29, 0.717) is 6.29 Å². The van der Waals surface area contributed by atoms with E-state index < -0.39 is 33.1 Å². The van der Waals surface area contributed by atoms with Crippen molar-refractivity contribution in [1.29, 1.82) is 0 Å². The van der Waals surface area contributed by atoms with Crippen molar-refractivity contribution in [3.05, 3.63) is 60.8 Å². The van der Waals surface area contributed by atoms with Crippen molar-refractivity contribution >= 4 is 25.0 Å². The Hall–Kier alpha value is -2.32. The fourth-order valence-electron chi connectivity index (χ4n) is 2.52. The number of phosphoric ester groups is 1. The van der Waals surface area contributed by atoms with Crippen LogP contribution in [-0.4, -0.2) is 50.1 Å². The van der Waals surface area contributed by atoms with E-state index in [1.165, 1.54) is 22.0 Å². The summed E-state index contributed by atoms with van der Waals surface area (Å²) >= 11 is 0. The van der Waals surface area contributed by atoms with Gasteiger partial charge in [0.05, 0.1) is 6.61 Å². The minimum Gasteiger partial charge on any atom is -0.394 e. The molecule has 0 saturated heterocycles. The highest BCUT2D eigenvalue weighted by Crippen LogP contribution is 2.38. The zero-order chi connectivity index (χ0) is 20.6. The van der Waals surface area contributed by atoms with E-state index in [4.69, 9.17) is 20.0 Å². The lowest BCUT2D eigenvalue weighted by Crippen LogP contribution is -2.31. The second-order valence-electron chi connectivity index (χ2n) is 5.93. The van der Waals surface area contributed by atoms with Gasteiger partial charge < -0.3 is 29.8 Å². The number of benzene rings is 2. The monoisotopic (exact) mass is 407 g/mol. The molecular formula is C19H22NO7P.